The van der Waals surface area contributed by atoms with Gasteiger partial charge in [-0.25, -0.2) is 4.98 Å². The number of hydrogen-bond donors (Lipinski definition) is 0. The van der Waals surface area contributed by atoms with E-state index >= 15 is 0 Å². The first-order chi connectivity index (χ1) is 15.1. The van der Waals surface area contributed by atoms with E-state index in [4.69, 9.17) is 4.74 Å². The van der Waals surface area contributed by atoms with Crippen LogP contribution in [0.4, 0.5) is 5.82 Å². The van der Waals surface area contributed by atoms with Gasteiger partial charge >= 0.3 is 0 Å². The maximum Gasteiger partial charge on any atom is 0.265 e. The minimum atomic E-state index is -0.160. The highest BCUT2D eigenvalue weighted by atomic mass is 16.5. The lowest BCUT2D eigenvalue weighted by Gasteiger charge is -2.28. The van der Waals surface area contributed by atoms with Crippen molar-refractivity contribution in [1.82, 2.24) is 24.7 Å². The molecule has 0 spiro atoms. The van der Waals surface area contributed by atoms with E-state index in [9.17, 15) is 4.79 Å². The quantitative estimate of drug-likeness (QED) is 0.504. The van der Waals surface area contributed by atoms with Gasteiger partial charge in [0, 0.05) is 18.4 Å². The van der Waals surface area contributed by atoms with Gasteiger partial charge in [0.1, 0.15) is 23.6 Å². The number of pyridine rings is 2. The first-order valence-electron chi connectivity index (χ1n) is 9.98. The number of amides is 1. The zero-order valence-corrected chi connectivity index (χ0v) is 17.1. The molecule has 0 atom stereocenters. The lowest BCUT2D eigenvalue weighted by Crippen LogP contribution is -2.39. The van der Waals surface area contributed by atoms with Gasteiger partial charge in [-0.1, -0.05) is 12.1 Å². The van der Waals surface area contributed by atoms with E-state index < -0.39 is 0 Å². The number of ether oxygens (including phenoxy) is 1. The molecule has 154 valence electrons. The van der Waals surface area contributed by atoms with Crippen molar-refractivity contribution in [3.8, 4) is 28.4 Å². The van der Waals surface area contributed by atoms with Crippen molar-refractivity contribution < 1.29 is 9.53 Å². The molecule has 1 aliphatic rings. The molecular formula is C23H20N6O2. The molecule has 8 nitrogen and oxygen atoms in total. The van der Waals surface area contributed by atoms with Gasteiger partial charge in [0.15, 0.2) is 12.6 Å². The van der Waals surface area contributed by atoms with Gasteiger partial charge in [0.05, 0.1) is 5.56 Å². The molecule has 0 N–H and O–H groups in total. The maximum absolute atomic E-state index is 13.3. The van der Waals surface area contributed by atoms with Crippen LogP contribution >= 0.6 is 0 Å². The zero-order valence-electron chi connectivity index (χ0n) is 17.1. The van der Waals surface area contributed by atoms with Gasteiger partial charge in [-0.2, -0.15) is 0 Å². The number of benzene rings is 1. The Bertz CT molecular complexity index is 1250. The monoisotopic (exact) mass is 412 g/mol. The summed E-state index contributed by atoms with van der Waals surface area (Å²) < 4.78 is 7.81. The van der Waals surface area contributed by atoms with Crippen LogP contribution in [0.2, 0.25) is 0 Å². The van der Waals surface area contributed by atoms with Crippen LogP contribution in [-0.2, 0) is 0 Å². The van der Waals surface area contributed by atoms with Crippen LogP contribution in [0.5, 0.6) is 5.75 Å². The summed E-state index contributed by atoms with van der Waals surface area (Å²) in [6, 6.07) is 15.1. The van der Waals surface area contributed by atoms with Crippen LogP contribution in [-0.4, -0.2) is 37.4 Å². The number of fused-ring (bicyclic) bond motifs is 1. The SMILES string of the molecule is CC(C)n1cnnc1-c1cccc(N2COc3ccc(-c4ccncc4)cc3C2=O)n1. The molecule has 1 amide bonds. The molecule has 0 fully saturated rings. The molecule has 4 heterocycles. The predicted molar refractivity (Wildman–Crippen MR) is 116 cm³/mol. The van der Waals surface area contributed by atoms with Gasteiger partial charge in [-0.15, -0.1) is 10.2 Å². The van der Waals surface area contributed by atoms with Crippen molar-refractivity contribution >= 4 is 11.7 Å². The van der Waals surface area contributed by atoms with E-state index in [1.165, 1.54) is 4.90 Å². The number of hydrogen-bond acceptors (Lipinski definition) is 6. The lowest BCUT2D eigenvalue weighted by molar-refractivity contribution is 0.0936. The molecule has 0 saturated carbocycles. The standard InChI is InChI=1S/C23H20N6O2/c1-15(2)28-13-25-27-22(28)19-4-3-5-21(26-19)29-14-31-20-7-6-17(12-18(20)23(29)30)16-8-10-24-11-9-16/h3-13,15H,14H2,1-2H3. The Morgan fingerprint density at radius 1 is 1.03 bits per heavy atom. The second kappa shape index (κ2) is 7.64. The first kappa shape index (κ1) is 18.9. The molecule has 0 unspecified atom stereocenters. The van der Waals surface area contributed by atoms with Gasteiger partial charge in [0.25, 0.3) is 5.91 Å². The third-order valence-corrected chi connectivity index (χ3v) is 5.19. The van der Waals surface area contributed by atoms with E-state index in [2.05, 4.69) is 34.0 Å². The lowest BCUT2D eigenvalue weighted by atomic mass is 10.0. The van der Waals surface area contributed by atoms with Crippen LogP contribution in [0.15, 0.2) is 67.3 Å². The molecule has 3 aromatic heterocycles. The normalized spacial score (nSPS) is 13.3. The molecule has 31 heavy (non-hydrogen) atoms. The average Bonchev–Trinajstić information content (AvgIpc) is 3.30. The molecule has 0 radical (unpaired) electrons. The maximum atomic E-state index is 13.3. The van der Waals surface area contributed by atoms with Crippen molar-refractivity contribution in [2.45, 2.75) is 19.9 Å². The summed E-state index contributed by atoms with van der Waals surface area (Å²) >= 11 is 0. The highest BCUT2D eigenvalue weighted by Gasteiger charge is 2.28. The number of rotatable bonds is 4. The summed E-state index contributed by atoms with van der Waals surface area (Å²) in [4.78, 5) is 23.6. The molecule has 0 bridgehead atoms. The Kier molecular flexibility index (Phi) is 4.66. The Morgan fingerprint density at radius 3 is 2.68 bits per heavy atom. The summed E-state index contributed by atoms with van der Waals surface area (Å²) in [6.07, 6.45) is 5.13. The van der Waals surface area contributed by atoms with E-state index in [0.29, 0.717) is 28.6 Å². The summed E-state index contributed by atoms with van der Waals surface area (Å²) in [6.45, 7) is 4.19. The second-order valence-electron chi connectivity index (χ2n) is 7.49. The minimum Gasteiger partial charge on any atom is -0.472 e. The van der Waals surface area contributed by atoms with Crippen molar-refractivity contribution in [2.75, 3.05) is 11.6 Å². The largest absolute Gasteiger partial charge is 0.472 e. The van der Waals surface area contributed by atoms with Crippen molar-refractivity contribution in [3.05, 3.63) is 72.8 Å². The molecule has 1 aliphatic heterocycles. The smallest absolute Gasteiger partial charge is 0.265 e. The molecule has 0 aliphatic carbocycles. The average molecular weight is 412 g/mol. The number of nitrogens with zero attached hydrogens (tertiary/aromatic N) is 6. The number of aromatic nitrogens is 5. The van der Waals surface area contributed by atoms with E-state index in [1.54, 1.807) is 24.8 Å². The fourth-order valence-electron chi connectivity index (χ4n) is 3.56. The van der Waals surface area contributed by atoms with Crippen molar-refractivity contribution in [1.29, 1.82) is 0 Å². The van der Waals surface area contributed by atoms with Gasteiger partial charge in [-0.05, 0) is 61.4 Å². The fraction of sp³-hybridized carbons (Fsp3) is 0.174. The fourth-order valence-corrected chi connectivity index (χ4v) is 3.56. The summed E-state index contributed by atoms with van der Waals surface area (Å²) in [5, 5.41) is 8.21. The van der Waals surface area contributed by atoms with Crippen LogP contribution in [0.25, 0.3) is 22.6 Å². The molecule has 0 saturated heterocycles. The molecule has 8 heteroatoms. The Balaban J connectivity index is 1.50. The Hall–Kier alpha value is -4.07. The predicted octanol–water partition coefficient (Wildman–Crippen LogP) is 3.98. The highest BCUT2D eigenvalue weighted by Crippen LogP contribution is 2.32. The van der Waals surface area contributed by atoms with E-state index in [0.717, 1.165) is 11.1 Å². The van der Waals surface area contributed by atoms with E-state index in [1.807, 2.05) is 47.0 Å². The van der Waals surface area contributed by atoms with Crippen molar-refractivity contribution in [2.24, 2.45) is 0 Å². The molecule has 1 aromatic carbocycles. The topological polar surface area (TPSA) is 86.0 Å². The van der Waals surface area contributed by atoms with Gasteiger partial charge in [0.2, 0.25) is 0 Å². The van der Waals surface area contributed by atoms with Crippen LogP contribution in [0.1, 0.15) is 30.2 Å². The van der Waals surface area contributed by atoms with Crippen LogP contribution in [0, 0.1) is 0 Å². The minimum absolute atomic E-state index is 0.0910. The molecular weight excluding hydrogens is 392 g/mol. The number of carbonyl (C=O) groups excluding carboxylic acids is 1. The van der Waals surface area contributed by atoms with Crippen LogP contribution < -0.4 is 9.64 Å². The Labute approximate surface area is 179 Å². The first-order valence-corrected chi connectivity index (χ1v) is 9.98. The third-order valence-electron chi connectivity index (χ3n) is 5.19. The van der Waals surface area contributed by atoms with Gasteiger partial charge in [-0.3, -0.25) is 14.7 Å². The third kappa shape index (κ3) is 3.42. The summed E-state index contributed by atoms with van der Waals surface area (Å²) in [5.41, 5.74) is 3.05. The van der Waals surface area contributed by atoms with E-state index in [-0.39, 0.29) is 18.7 Å². The van der Waals surface area contributed by atoms with Crippen molar-refractivity contribution in [3.63, 3.8) is 0 Å². The second-order valence-corrected chi connectivity index (χ2v) is 7.49. The molecule has 4 aromatic rings. The zero-order chi connectivity index (χ0) is 21.4. The number of carbonyl (C=O) groups is 1. The van der Waals surface area contributed by atoms with Gasteiger partial charge < -0.3 is 9.30 Å². The summed E-state index contributed by atoms with van der Waals surface area (Å²) in [5.74, 6) is 1.56. The number of anilines is 1. The summed E-state index contributed by atoms with van der Waals surface area (Å²) in [7, 11) is 0. The van der Waals surface area contributed by atoms with Crippen LogP contribution in [0.3, 0.4) is 0 Å². The molecule has 5 rings (SSSR count). The Morgan fingerprint density at radius 2 is 1.87 bits per heavy atom. The highest BCUT2D eigenvalue weighted by molar-refractivity contribution is 6.09.